The van der Waals surface area contributed by atoms with E-state index >= 15 is 0 Å². The van der Waals surface area contributed by atoms with Gasteiger partial charge in [0.05, 0.1) is 11.1 Å². The fourth-order valence-electron chi connectivity index (χ4n) is 1.97. The van der Waals surface area contributed by atoms with E-state index in [1.807, 2.05) is 0 Å². The van der Waals surface area contributed by atoms with Gasteiger partial charge in [-0.05, 0) is 41.5 Å². The molecule has 0 unspecified atom stereocenters. The predicted octanol–water partition coefficient (Wildman–Crippen LogP) is 6.29. The zero-order valence-corrected chi connectivity index (χ0v) is 11.9. The molecule has 10 heteroatoms. The third-order valence-electron chi connectivity index (χ3n) is 3.01. The van der Waals surface area contributed by atoms with Gasteiger partial charge in [0.1, 0.15) is 5.75 Å². The monoisotopic (exact) mass is 374 g/mol. The lowest BCUT2D eigenvalue weighted by Gasteiger charge is -2.15. The van der Waals surface area contributed by atoms with Gasteiger partial charge in [-0.1, -0.05) is 12.1 Å². The topological polar surface area (TPSA) is 9.23 Å². The highest BCUT2D eigenvalue weighted by molar-refractivity contribution is 5.66. The molecule has 0 aliphatic heterocycles. The largest absolute Gasteiger partial charge is 0.573 e. The Labute approximate surface area is 134 Å². The Kier molecular flexibility index (Phi) is 4.67. The summed E-state index contributed by atoms with van der Waals surface area (Å²) in [6.45, 7) is 0. The lowest BCUT2D eigenvalue weighted by molar-refractivity contribution is -0.274. The van der Waals surface area contributed by atoms with E-state index in [0.717, 1.165) is 24.3 Å². The summed E-state index contributed by atoms with van der Waals surface area (Å²) < 4.78 is 117. The Morgan fingerprint density at radius 1 is 0.560 bits per heavy atom. The van der Waals surface area contributed by atoms with E-state index in [1.165, 1.54) is 0 Å². The maximum atomic E-state index is 12.8. The average molecular weight is 374 g/mol. The van der Waals surface area contributed by atoms with Gasteiger partial charge < -0.3 is 4.74 Å². The molecule has 0 saturated carbocycles. The van der Waals surface area contributed by atoms with Crippen molar-refractivity contribution in [1.29, 1.82) is 0 Å². The molecule has 2 aromatic rings. The van der Waals surface area contributed by atoms with E-state index in [-0.39, 0.29) is 11.6 Å². The quantitative estimate of drug-likeness (QED) is 0.562. The van der Waals surface area contributed by atoms with Crippen LogP contribution in [0.5, 0.6) is 5.75 Å². The van der Waals surface area contributed by atoms with Crippen molar-refractivity contribution in [2.75, 3.05) is 0 Å². The normalized spacial score (nSPS) is 13.0. The van der Waals surface area contributed by atoms with Crippen LogP contribution >= 0.6 is 0 Å². The summed E-state index contributed by atoms with van der Waals surface area (Å²) in [6, 6.07) is 4.36. The van der Waals surface area contributed by atoms with Gasteiger partial charge >= 0.3 is 18.7 Å². The number of rotatable bonds is 2. The van der Waals surface area contributed by atoms with E-state index < -0.39 is 41.2 Å². The van der Waals surface area contributed by atoms with Crippen molar-refractivity contribution in [2.24, 2.45) is 0 Å². The van der Waals surface area contributed by atoms with Crippen LogP contribution in [0.3, 0.4) is 0 Å². The maximum Gasteiger partial charge on any atom is 0.573 e. The first-order chi connectivity index (χ1) is 11.3. The molecule has 0 bridgehead atoms. The van der Waals surface area contributed by atoms with Gasteiger partial charge in [-0.25, -0.2) is 0 Å². The Morgan fingerprint density at radius 2 is 1.00 bits per heavy atom. The SMILES string of the molecule is FC(F)(F)Oc1ccc(-c2cc(C(F)(F)F)cc(C(F)(F)F)c2)cc1. The Morgan fingerprint density at radius 3 is 1.36 bits per heavy atom. The summed E-state index contributed by atoms with van der Waals surface area (Å²) in [5.41, 5.74) is -3.62. The van der Waals surface area contributed by atoms with Crippen LogP contribution in [0.1, 0.15) is 11.1 Å². The van der Waals surface area contributed by atoms with E-state index in [1.54, 1.807) is 0 Å². The minimum absolute atomic E-state index is 0.0371. The van der Waals surface area contributed by atoms with Crippen molar-refractivity contribution in [1.82, 2.24) is 0 Å². The lowest BCUT2D eigenvalue weighted by atomic mass is 9.99. The van der Waals surface area contributed by atoms with Gasteiger partial charge in [-0.2, -0.15) is 26.3 Å². The zero-order chi connectivity index (χ0) is 19.0. The molecule has 0 radical (unpaired) electrons. The van der Waals surface area contributed by atoms with Crippen LogP contribution in [0.4, 0.5) is 39.5 Å². The molecule has 0 atom stereocenters. The third kappa shape index (κ3) is 5.04. The van der Waals surface area contributed by atoms with Gasteiger partial charge in [-0.3, -0.25) is 0 Å². The lowest BCUT2D eigenvalue weighted by Crippen LogP contribution is -2.16. The van der Waals surface area contributed by atoms with Crippen LogP contribution in [0.25, 0.3) is 11.1 Å². The third-order valence-corrected chi connectivity index (χ3v) is 3.01. The summed E-state index contributed by atoms with van der Waals surface area (Å²) in [4.78, 5) is 0. The van der Waals surface area contributed by atoms with Gasteiger partial charge in [0.2, 0.25) is 0 Å². The fourth-order valence-corrected chi connectivity index (χ4v) is 1.97. The highest BCUT2D eigenvalue weighted by Crippen LogP contribution is 2.39. The molecule has 2 rings (SSSR count). The standard InChI is InChI=1S/C15H7F9O/c16-13(17,18)10-5-9(6-11(7-10)14(19,20)21)8-1-3-12(4-2-8)25-15(22,23)24/h1-7H. The minimum Gasteiger partial charge on any atom is -0.406 e. The van der Waals surface area contributed by atoms with Crippen molar-refractivity contribution in [2.45, 2.75) is 18.7 Å². The van der Waals surface area contributed by atoms with E-state index in [0.29, 0.717) is 12.1 Å². The van der Waals surface area contributed by atoms with Crippen LogP contribution < -0.4 is 4.74 Å². The Balaban J connectivity index is 2.47. The molecule has 25 heavy (non-hydrogen) atoms. The second-order valence-corrected chi connectivity index (χ2v) is 4.87. The van der Waals surface area contributed by atoms with E-state index in [9.17, 15) is 39.5 Å². The van der Waals surface area contributed by atoms with E-state index in [4.69, 9.17) is 0 Å². The molecule has 0 saturated heterocycles. The van der Waals surface area contributed by atoms with Gasteiger partial charge in [-0.15, -0.1) is 13.2 Å². The molecule has 0 heterocycles. The smallest absolute Gasteiger partial charge is 0.406 e. The molecule has 136 valence electrons. The highest BCUT2D eigenvalue weighted by Gasteiger charge is 2.37. The van der Waals surface area contributed by atoms with Crippen molar-refractivity contribution >= 4 is 0 Å². The number of ether oxygens (including phenoxy) is 1. The second kappa shape index (κ2) is 6.16. The first kappa shape index (κ1) is 18.9. The van der Waals surface area contributed by atoms with Crippen LogP contribution in [-0.4, -0.2) is 6.36 Å². The molecular formula is C15H7F9O. The summed E-state index contributed by atoms with van der Waals surface area (Å²) >= 11 is 0. The van der Waals surface area contributed by atoms with Crippen LogP contribution in [0.15, 0.2) is 42.5 Å². The van der Waals surface area contributed by atoms with Crippen molar-refractivity contribution in [3.63, 3.8) is 0 Å². The zero-order valence-electron chi connectivity index (χ0n) is 11.9. The first-order valence-electron chi connectivity index (χ1n) is 6.41. The summed E-state index contributed by atoms with van der Waals surface area (Å²) in [6.07, 6.45) is -15.0. The molecule has 0 aromatic heterocycles. The first-order valence-corrected chi connectivity index (χ1v) is 6.41. The number of halogens is 9. The number of hydrogen-bond donors (Lipinski definition) is 0. The Bertz CT molecular complexity index is 707. The number of alkyl halides is 9. The molecule has 1 nitrogen and oxygen atoms in total. The van der Waals surface area contributed by atoms with E-state index in [2.05, 4.69) is 4.74 Å². The molecule has 2 aromatic carbocycles. The molecule has 0 N–H and O–H groups in total. The van der Waals surface area contributed by atoms with Crippen molar-refractivity contribution < 1.29 is 44.3 Å². The predicted molar refractivity (Wildman–Crippen MR) is 68.6 cm³/mol. The van der Waals surface area contributed by atoms with Crippen LogP contribution in [0.2, 0.25) is 0 Å². The maximum absolute atomic E-state index is 12.8. The second-order valence-electron chi connectivity index (χ2n) is 4.87. The average Bonchev–Trinajstić information content (AvgIpc) is 2.44. The summed E-state index contributed by atoms with van der Waals surface area (Å²) in [5.74, 6) is -0.653. The Hall–Kier alpha value is -2.39. The molecule has 0 amide bonds. The number of hydrogen-bond acceptors (Lipinski definition) is 1. The summed E-state index contributed by atoms with van der Waals surface area (Å²) in [5, 5.41) is 0. The van der Waals surface area contributed by atoms with Crippen molar-refractivity contribution in [3.05, 3.63) is 53.6 Å². The van der Waals surface area contributed by atoms with Crippen LogP contribution in [0, 0.1) is 0 Å². The molecule has 0 fully saturated rings. The van der Waals surface area contributed by atoms with Crippen LogP contribution in [-0.2, 0) is 12.4 Å². The summed E-state index contributed by atoms with van der Waals surface area (Å²) in [7, 11) is 0. The van der Waals surface area contributed by atoms with Crippen molar-refractivity contribution in [3.8, 4) is 16.9 Å². The molecule has 0 aliphatic carbocycles. The van der Waals surface area contributed by atoms with Gasteiger partial charge in [0, 0.05) is 0 Å². The molecular weight excluding hydrogens is 367 g/mol. The fraction of sp³-hybridized carbons (Fsp3) is 0.200. The highest BCUT2D eigenvalue weighted by atomic mass is 19.4. The van der Waals surface area contributed by atoms with Gasteiger partial charge in [0.15, 0.2) is 0 Å². The number of benzene rings is 2. The van der Waals surface area contributed by atoms with Gasteiger partial charge in [0.25, 0.3) is 0 Å². The molecule has 0 spiro atoms. The molecule has 0 aliphatic rings. The minimum atomic E-state index is -5.02.